The highest BCUT2D eigenvalue weighted by Crippen LogP contribution is 2.35. The Balaban J connectivity index is 1.47. The highest BCUT2D eigenvalue weighted by molar-refractivity contribution is 7.86. The Morgan fingerprint density at radius 3 is 2.33 bits per heavy atom. The zero-order chi connectivity index (χ0) is 25.3. The van der Waals surface area contributed by atoms with Crippen LogP contribution in [0, 0.1) is 0 Å². The van der Waals surface area contributed by atoms with E-state index < -0.39 is 22.2 Å². The Hall–Kier alpha value is -3.34. The molecule has 2 aliphatic rings. The minimum atomic E-state index is -3.74. The smallest absolute Gasteiger partial charge is 0.282 e. The first kappa shape index (κ1) is 24.4. The lowest BCUT2D eigenvalue weighted by molar-refractivity contribution is -0.118. The Labute approximate surface area is 210 Å². The topological polar surface area (TPSA) is 105 Å². The van der Waals surface area contributed by atoms with Gasteiger partial charge in [0, 0.05) is 37.3 Å². The van der Waals surface area contributed by atoms with Crippen LogP contribution in [-0.2, 0) is 21.5 Å². The van der Waals surface area contributed by atoms with Crippen molar-refractivity contribution in [1.29, 1.82) is 0 Å². The zero-order valence-corrected chi connectivity index (χ0v) is 20.9. The van der Waals surface area contributed by atoms with Crippen LogP contribution >= 0.6 is 0 Å². The second kappa shape index (κ2) is 9.96. The molecule has 9 nitrogen and oxygen atoms in total. The van der Waals surface area contributed by atoms with Gasteiger partial charge in [0.05, 0.1) is 18.2 Å². The van der Waals surface area contributed by atoms with E-state index in [1.54, 1.807) is 37.3 Å². The molecule has 0 amide bonds. The van der Waals surface area contributed by atoms with Gasteiger partial charge in [0.1, 0.15) is 5.82 Å². The molecule has 2 atom stereocenters. The molecule has 0 saturated carbocycles. The van der Waals surface area contributed by atoms with Gasteiger partial charge in [0.2, 0.25) is 0 Å². The van der Waals surface area contributed by atoms with E-state index >= 15 is 0 Å². The van der Waals surface area contributed by atoms with Crippen LogP contribution in [0.3, 0.4) is 0 Å². The molecule has 10 heteroatoms. The number of hydrogen-bond acceptors (Lipinski definition) is 6. The molecule has 2 aliphatic heterocycles. The summed E-state index contributed by atoms with van der Waals surface area (Å²) in [6.45, 7) is 2.93. The highest BCUT2D eigenvalue weighted by Gasteiger charge is 2.48. The van der Waals surface area contributed by atoms with Crippen molar-refractivity contribution in [2.24, 2.45) is 0 Å². The van der Waals surface area contributed by atoms with Crippen LogP contribution in [0.4, 0.5) is 5.82 Å². The lowest BCUT2D eigenvalue weighted by Crippen LogP contribution is -2.44. The number of carbonyl (C=O) groups excluding carboxylic acids is 2. The van der Waals surface area contributed by atoms with Gasteiger partial charge in [-0.25, -0.2) is 0 Å². The van der Waals surface area contributed by atoms with Crippen LogP contribution in [0.25, 0.3) is 0 Å². The van der Waals surface area contributed by atoms with E-state index in [2.05, 4.69) is 10.4 Å². The number of nitrogens with one attached hydrogen (secondary N) is 1. The number of rotatable bonds is 7. The van der Waals surface area contributed by atoms with Crippen molar-refractivity contribution in [3.8, 4) is 0 Å². The van der Waals surface area contributed by atoms with Crippen LogP contribution in [-0.4, -0.2) is 64.2 Å². The van der Waals surface area contributed by atoms with Crippen LogP contribution in [0.5, 0.6) is 0 Å². The second-order valence-electron chi connectivity index (χ2n) is 9.22. The monoisotopic (exact) mass is 507 g/mol. The molecule has 5 rings (SSSR count). The van der Waals surface area contributed by atoms with Gasteiger partial charge in [-0.3, -0.25) is 9.59 Å². The predicted molar refractivity (Wildman–Crippen MR) is 136 cm³/mol. The van der Waals surface area contributed by atoms with E-state index in [0.29, 0.717) is 36.7 Å². The van der Waals surface area contributed by atoms with Crippen molar-refractivity contribution < 1.29 is 18.0 Å². The molecule has 3 aromatic rings. The molecule has 0 aliphatic carbocycles. The molecule has 0 radical (unpaired) electrons. The van der Waals surface area contributed by atoms with Gasteiger partial charge >= 0.3 is 0 Å². The van der Waals surface area contributed by atoms with Gasteiger partial charge in [-0.05, 0) is 37.5 Å². The minimum Gasteiger partial charge on any atom is -0.366 e. The quantitative estimate of drug-likeness (QED) is 0.527. The summed E-state index contributed by atoms with van der Waals surface area (Å²) >= 11 is 0. The summed E-state index contributed by atoms with van der Waals surface area (Å²) in [4.78, 5) is 26.4. The standard InChI is InChI=1S/C26H29N5O4S/c1-19-25(23(32)18-30(19)36(34,35)29-14-8-9-15-29)22-16-24(27-17-20-10-4-2-5-11-20)31(28-22)26(33)21-12-6-3-7-13-21/h2-7,10-13,16,19,25,27H,8-9,14-15,17-18H2,1H3. The number of nitrogens with zero attached hydrogens (tertiary/aromatic N) is 4. The Bertz CT molecular complexity index is 1350. The fourth-order valence-corrected chi connectivity index (χ4v) is 6.77. The molecule has 1 N–H and O–H groups in total. The normalized spacial score (nSPS) is 21.2. The van der Waals surface area contributed by atoms with Gasteiger partial charge in [-0.2, -0.15) is 26.8 Å². The minimum absolute atomic E-state index is 0.197. The molecule has 3 heterocycles. The Kier molecular flexibility index (Phi) is 6.74. The first-order chi connectivity index (χ1) is 17.4. The molecule has 2 saturated heterocycles. The summed E-state index contributed by atoms with van der Waals surface area (Å²) in [6.07, 6.45) is 1.64. The largest absolute Gasteiger partial charge is 0.366 e. The van der Waals surface area contributed by atoms with Crippen molar-refractivity contribution in [1.82, 2.24) is 18.4 Å². The van der Waals surface area contributed by atoms with Gasteiger partial charge in [-0.15, -0.1) is 0 Å². The summed E-state index contributed by atoms with van der Waals surface area (Å²) in [6, 6.07) is 19.6. The van der Waals surface area contributed by atoms with Crippen molar-refractivity contribution in [2.75, 3.05) is 25.0 Å². The van der Waals surface area contributed by atoms with E-state index in [0.717, 1.165) is 18.4 Å². The van der Waals surface area contributed by atoms with E-state index in [4.69, 9.17) is 0 Å². The first-order valence-electron chi connectivity index (χ1n) is 12.1. The van der Waals surface area contributed by atoms with Gasteiger partial charge in [0.25, 0.3) is 16.1 Å². The maximum atomic E-state index is 13.3. The van der Waals surface area contributed by atoms with Gasteiger partial charge < -0.3 is 5.32 Å². The zero-order valence-electron chi connectivity index (χ0n) is 20.1. The summed E-state index contributed by atoms with van der Waals surface area (Å²) in [5, 5.41) is 7.81. The third-order valence-corrected chi connectivity index (χ3v) is 8.93. The summed E-state index contributed by atoms with van der Waals surface area (Å²) < 4.78 is 30.4. The summed E-state index contributed by atoms with van der Waals surface area (Å²) in [5.74, 6) is -0.873. The third kappa shape index (κ3) is 4.59. The fraction of sp³-hybridized carbons (Fsp3) is 0.346. The van der Waals surface area contributed by atoms with Crippen molar-refractivity contribution >= 4 is 27.7 Å². The van der Waals surface area contributed by atoms with Crippen molar-refractivity contribution in [2.45, 2.75) is 38.3 Å². The second-order valence-corrected chi connectivity index (χ2v) is 11.1. The van der Waals surface area contributed by atoms with E-state index in [1.165, 1.54) is 13.3 Å². The van der Waals surface area contributed by atoms with Crippen molar-refractivity contribution in [3.05, 3.63) is 83.6 Å². The highest BCUT2D eigenvalue weighted by atomic mass is 32.2. The lowest BCUT2D eigenvalue weighted by Gasteiger charge is -2.27. The maximum absolute atomic E-state index is 13.3. The maximum Gasteiger partial charge on any atom is 0.282 e. The van der Waals surface area contributed by atoms with E-state index in [1.807, 2.05) is 36.4 Å². The molecule has 0 spiro atoms. The fourth-order valence-electron chi connectivity index (χ4n) is 4.93. The van der Waals surface area contributed by atoms with Crippen LogP contribution in [0.15, 0.2) is 66.7 Å². The molecule has 2 unspecified atom stereocenters. The Morgan fingerprint density at radius 1 is 1.03 bits per heavy atom. The molecule has 2 fully saturated rings. The van der Waals surface area contributed by atoms with Crippen LogP contribution in [0.1, 0.15) is 47.3 Å². The molecular formula is C26H29N5O4S. The van der Waals surface area contributed by atoms with Crippen LogP contribution < -0.4 is 5.32 Å². The number of benzene rings is 2. The predicted octanol–water partition coefficient (Wildman–Crippen LogP) is 2.88. The Morgan fingerprint density at radius 2 is 1.67 bits per heavy atom. The van der Waals surface area contributed by atoms with Gasteiger partial charge in [0.15, 0.2) is 5.78 Å². The van der Waals surface area contributed by atoms with E-state index in [-0.39, 0.29) is 18.2 Å². The average molecular weight is 508 g/mol. The lowest BCUT2D eigenvalue weighted by atomic mass is 9.97. The molecular weight excluding hydrogens is 478 g/mol. The number of anilines is 1. The van der Waals surface area contributed by atoms with E-state index in [9.17, 15) is 18.0 Å². The third-order valence-electron chi connectivity index (χ3n) is 6.86. The SMILES string of the molecule is CC1C(c2cc(NCc3ccccc3)n(C(=O)c3ccccc3)n2)C(=O)CN1S(=O)(=O)N1CCCC1. The number of ketones is 1. The number of hydrogen-bond donors (Lipinski definition) is 1. The summed E-state index contributed by atoms with van der Waals surface area (Å²) in [5.41, 5.74) is 1.86. The number of aromatic nitrogens is 2. The molecule has 188 valence electrons. The number of Topliss-reactive ketones (excluding diaryl/α,β-unsaturated/α-hetero) is 1. The van der Waals surface area contributed by atoms with Crippen LogP contribution in [0.2, 0.25) is 0 Å². The molecule has 2 aromatic carbocycles. The molecule has 1 aromatic heterocycles. The first-order valence-corrected chi connectivity index (χ1v) is 13.5. The van der Waals surface area contributed by atoms with Crippen molar-refractivity contribution in [3.63, 3.8) is 0 Å². The molecule has 36 heavy (non-hydrogen) atoms. The van der Waals surface area contributed by atoms with Gasteiger partial charge in [-0.1, -0.05) is 48.5 Å². The molecule has 0 bridgehead atoms. The number of carbonyl (C=O) groups is 2. The summed E-state index contributed by atoms with van der Waals surface area (Å²) in [7, 11) is -3.74. The average Bonchev–Trinajstić information content (AvgIpc) is 3.63.